The van der Waals surface area contributed by atoms with Crippen molar-refractivity contribution in [3.05, 3.63) is 36.0 Å². The highest BCUT2D eigenvalue weighted by Crippen LogP contribution is 2.32. The van der Waals surface area contributed by atoms with E-state index in [0.29, 0.717) is 5.82 Å². The van der Waals surface area contributed by atoms with Crippen molar-refractivity contribution < 1.29 is 0 Å². The minimum atomic E-state index is 0.192. The number of H-pyrrole nitrogens is 1. The Balaban J connectivity index is 2.17. The number of benzene rings is 1. The number of aromatic nitrogens is 2. The van der Waals surface area contributed by atoms with E-state index in [2.05, 4.69) is 55.2 Å². The molecule has 3 N–H and O–H groups in total. The molecule has 4 heteroatoms. The first-order chi connectivity index (χ1) is 7.97. The fraction of sp³-hybridized carbons (Fsp3) is 0.308. The third-order valence-electron chi connectivity index (χ3n) is 2.58. The molecule has 3 nitrogen and oxygen atoms in total. The monoisotopic (exact) mass is 247 g/mol. The Hall–Kier alpha value is -1.42. The molecule has 0 aliphatic rings. The van der Waals surface area contributed by atoms with Crippen LogP contribution in [0.2, 0.25) is 0 Å². The predicted molar refractivity (Wildman–Crippen MR) is 72.3 cm³/mol. The van der Waals surface area contributed by atoms with E-state index in [1.165, 1.54) is 10.5 Å². The lowest BCUT2D eigenvalue weighted by atomic mass is 9.87. The van der Waals surface area contributed by atoms with Gasteiger partial charge >= 0.3 is 0 Å². The summed E-state index contributed by atoms with van der Waals surface area (Å²) in [5.74, 6) is 0.620. The lowest BCUT2D eigenvalue weighted by molar-refractivity contribution is 0.590. The zero-order chi connectivity index (χ0) is 12.5. The highest BCUT2D eigenvalue weighted by Gasteiger charge is 2.13. The van der Waals surface area contributed by atoms with Gasteiger partial charge in [-0.2, -0.15) is 5.10 Å². The van der Waals surface area contributed by atoms with Crippen molar-refractivity contribution in [2.75, 3.05) is 5.73 Å². The normalized spacial score (nSPS) is 11.7. The smallest absolute Gasteiger partial charge is 0.133 e. The molecule has 0 radical (unpaired) electrons. The molecule has 90 valence electrons. The minimum Gasteiger partial charge on any atom is -0.383 e. The van der Waals surface area contributed by atoms with Crippen molar-refractivity contribution in [2.24, 2.45) is 0 Å². The SMILES string of the molecule is CC(C)(C)c1ccc(Sc2cn[nH]c2N)cc1. The molecule has 0 aliphatic carbocycles. The second-order valence-corrected chi connectivity index (χ2v) is 6.14. The van der Waals surface area contributed by atoms with Gasteiger partial charge in [0.05, 0.1) is 11.1 Å². The van der Waals surface area contributed by atoms with E-state index in [0.717, 1.165) is 4.90 Å². The lowest BCUT2D eigenvalue weighted by Gasteiger charge is -2.18. The van der Waals surface area contributed by atoms with Gasteiger partial charge in [0, 0.05) is 4.90 Å². The van der Waals surface area contributed by atoms with Gasteiger partial charge in [-0.05, 0) is 23.1 Å². The molecular formula is C13H17N3S. The molecule has 0 spiro atoms. The van der Waals surface area contributed by atoms with Crippen LogP contribution in [0.1, 0.15) is 26.3 Å². The molecule has 0 atom stereocenters. The van der Waals surface area contributed by atoms with Crippen molar-refractivity contribution in [1.82, 2.24) is 10.2 Å². The van der Waals surface area contributed by atoms with Crippen molar-refractivity contribution in [3.8, 4) is 0 Å². The van der Waals surface area contributed by atoms with Crippen LogP contribution in [-0.2, 0) is 5.41 Å². The number of nitrogens with two attached hydrogens (primary N) is 1. The van der Waals surface area contributed by atoms with Crippen LogP contribution in [0.4, 0.5) is 5.82 Å². The molecule has 0 aliphatic heterocycles. The Kier molecular flexibility index (Phi) is 3.15. The predicted octanol–water partition coefficient (Wildman–Crippen LogP) is 3.44. The molecule has 0 bridgehead atoms. The van der Waals surface area contributed by atoms with Gasteiger partial charge in [0.15, 0.2) is 0 Å². The van der Waals surface area contributed by atoms with Crippen molar-refractivity contribution >= 4 is 17.6 Å². The molecule has 2 rings (SSSR count). The van der Waals surface area contributed by atoms with Gasteiger partial charge in [0.1, 0.15) is 5.82 Å². The summed E-state index contributed by atoms with van der Waals surface area (Å²) >= 11 is 1.62. The molecule has 0 unspecified atom stereocenters. The largest absolute Gasteiger partial charge is 0.383 e. The standard InChI is InChI=1S/C13H17N3S/c1-13(2,3)9-4-6-10(7-5-9)17-11-8-15-16-12(11)14/h4-8H,1-3H3,(H3,14,15,16). The van der Waals surface area contributed by atoms with Gasteiger partial charge in [-0.3, -0.25) is 5.10 Å². The highest BCUT2D eigenvalue weighted by atomic mass is 32.2. The van der Waals surface area contributed by atoms with Crippen LogP contribution in [-0.4, -0.2) is 10.2 Å². The molecule has 0 amide bonds. The number of aromatic amines is 1. The van der Waals surface area contributed by atoms with Crippen LogP contribution < -0.4 is 5.73 Å². The summed E-state index contributed by atoms with van der Waals surface area (Å²) in [6, 6.07) is 8.58. The molecule has 1 aromatic heterocycles. The van der Waals surface area contributed by atoms with Crippen LogP contribution in [0.5, 0.6) is 0 Å². The van der Waals surface area contributed by atoms with Crippen LogP contribution in [0.3, 0.4) is 0 Å². The first kappa shape index (κ1) is 12.0. The van der Waals surface area contributed by atoms with Gasteiger partial charge in [-0.25, -0.2) is 0 Å². The Labute approximate surface area is 106 Å². The zero-order valence-corrected chi connectivity index (χ0v) is 11.1. The fourth-order valence-electron chi connectivity index (χ4n) is 1.52. The van der Waals surface area contributed by atoms with E-state index < -0.39 is 0 Å². The second kappa shape index (κ2) is 4.45. The minimum absolute atomic E-state index is 0.192. The van der Waals surface area contributed by atoms with Gasteiger partial charge < -0.3 is 5.73 Å². The summed E-state index contributed by atoms with van der Waals surface area (Å²) in [5, 5.41) is 6.64. The average Bonchev–Trinajstić information content (AvgIpc) is 2.64. The molecular weight excluding hydrogens is 230 g/mol. The van der Waals surface area contributed by atoms with Gasteiger partial charge in [0.2, 0.25) is 0 Å². The van der Waals surface area contributed by atoms with E-state index in [9.17, 15) is 0 Å². The van der Waals surface area contributed by atoms with Crippen LogP contribution in [0.25, 0.3) is 0 Å². The summed E-state index contributed by atoms with van der Waals surface area (Å²) in [5.41, 5.74) is 7.28. The Morgan fingerprint density at radius 2 is 1.82 bits per heavy atom. The summed E-state index contributed by atoms with van der Waals surface area (Å²) in [6.07, 6.45) is 1.75. The maximum absolute atomic E-state index is 5.75. The summed E-state index contributed by atoms with van der Waals surface area (Å²) in [4.78, 5) is 2.14. The van der Waals surface area contributed by atoms with Crippen molar-refractivity contribution in [3.63, 3.8) is 0 Å². The first-order valence-electron chi connectivity index (χ1n) is 5.54. The fourth-order valence-corrected chi connectivity index (χ4v) is 2.30. The Morgan fingerprint density at radius 3 is 2.29 bits per heavy atom. The maximum Gasteiger partial charge on any atom is 0.133 e. The van der Waals surface area contributed by atoms with Gasteiger partial charge in [0.25, 0.3) is 0 Å². The third-order valence-corrected chi connectivity index (χ3v) is 3.63. The number of hydrogen-bond acceptors (Lipinski definition) is 3. The summed E-state index contributed by atoms with van der Waals surface area (Å²) in [6.45, 7) is 6.63. The Morgan fingerprint density at radius 1 is 1.18 bits per heavy atom. The maximum atomic E-state index is 5.75. The molecule has 17 heavy (non-hydrogen) atoms. The van der Waals surface area contributed by atoms with Crippen molar-refractivity contribution in [2.45, 2.75) is 36.0 Å². The van der Waals surface area contributed by atoms with E-state index >= 15 is 0 Å². The number of rotatable bonds is 2. The van der Waals surface area contributed by atoms with Crippen LogP contribution in [0.15, 0.2) is 40.3 Å². The van der Waals surface area contributed by atoms with Gasteiger partial charge in [-0.1, -0.05) is 44.7 Å². The van der Waals surface area contributed by atoms with Crippen molar-refractivity contribution in [1.29, 1.82) is 0 Å². The number of nitrogens with one attached hydrogen (secondary N) is 1. The number of nitrogen functional groups attached to an aromatic ring is 1. The zero-order valence-electron chi connectivity index (χ0n) is 10.3. The molecule has 0 fully saturated rings. The van der Waals surface area contributed by atoms with E-state index in [1.54, 1.807) is 18.0 Å². The quantitative estimate of drug-likeness (QED) is 0.854. The third kappa shape index (κ3) is 2.82. The number of anilines is 1. The topological polar surface area (TPSA) is 54.7 Å². The number of nitrogens with zero attached hydrogens (tertiary/aromatic N) is 1. The van der Waals surface area contributed by atoms with E-state index in [4.69, 9.17) is 5.73 Å². The number of hydrogen-bond donors (Lipinski definition) is 2. The lowest BCUT2D eigenvalue weighted by Crippen LogP contribution is -2.10. The van der Waals surface area contributed by atoms with Crippen LogP contribution in [0, 0.1) is 0 Å². The van der Waals surface area contributed by atoms with E-state index in [1.807, 2.05) is 0 Å². The van der Waals surface area contributed by atoms with Gasteiger partial charge in [-0.15, -0.1) is 0 Å². The first-order valence-corrected chi connectivity index (χ1v) is 6.36. The summed E-state index contributed by atoms with van der Waals surface area (Å²) < 4.78 is 0. The molecule has 2 aromatic rings. The molecule has 0 saturated heterocycles. The molecule has 1 aromatic carbocycles. The summed E-state index contributed by atoms with van der Waals surface area (Å²) in [7, 11) is 0. The molecule has 1 heterocycles. The second-order valence-electron chi connectivity index (χ2n) is 5.02. The van der Waals surface area contributed by atoms with Crippen LogP contribution >= 0.6 is 11.8 Å². The highest BCUT2D eigenvalue weighted by molar-refractivity contribution is 7.99. The van der Waals surface area contributed by atoms with E-state index in [-0.39, 0.29) is 5.41 Å². The Bertz CT molecular complexity index is 494. The average molecular weight is 247 g/mol. The molecule has 0 saturated carbocycles.